The molecule has 0 aliphatic carbocycles. The summed E-state index contributed by atoms with van der Waals surface area (Å²) in [7, 11) is -3.00. The number of carbonyl (C=O) groups excluding carboxylic acids is 1. The molecule has 1 fully saturated rings. The Morgan fingerprint density at radius 1 is 1.47 bits per heavy atom. The predicted molar refractivity (Wildman–Crippen MR) is 72.3 cm³/mol. The maximum atomic E-state index is 11.7. The number of aromatic nitrogens is 1. The van der Waals surface area contributed by atoms with Crippen LogP contribution in [0.25, 0.3) is 0 Å². The van der Waals surface area contributed by atoms with Crippen LogP contribution >= 0.6 is 11.6 Å². The molecule has 0 aromatic carbocycles. The summed E-state index contributed by atoms with van der Waals surface area (Å²) in [6.07, 6.45) is 2.02. The Morgan fingerprint density at radius 3 is 2.95 bits per heavy atom. The zero-order valence-electron chi connectivity index (χ0n) is 9.97. The third kappa shape index (κ3) is 2.40. The van der Waals surface area contributed by atoms with Crippen LogP contribution in [0.1, 0.15) is 6.42 Å². The largest absolute Gasteiger partial charge is 0.342 e. The highest BCUT2D eigenvalue weighted by atomic mass is 35.5. The van der Waals surface area contributed by atoms with E-state index in [9.17, 15) is 13.2 Å². The molecule has 1 N–H and O–H groups in total. The normalized spacial score (nSPS) is 25.0. The average Bonchev–Trinajstić information content (AvgIpc) is 2.68. The zero-order chi connectivity index (χ0) is 13.6. The maximum Gasteiger partial charge on any atom is 0.244 e. The topological polar surface area (TPSA) is 79.4 Å². The number of anilines is 2. The second-order valence-corrected chi connectivity index (χ2v) is 7.42. The smallest absolute Gasteiger partial charge is 0.244 e. The molecule has 0 saturated carbocycles. The quantitative estimate of drug-likeness (QED) is 0.825. The van der Waals surface area contributed by atoms with Gasteiger partial charge in [0.25, 0.3) is 0 Å². The highest BCUT2D eigenvalue weighted by Crippen LogP contribution is 2.33. The van der Waals surface area contributed by atoms with E-state index in [0.29, 0.717) is 22.9 Å². The number of rotatable bonds is 1. The molecule has 1 amide bonds. The number of hydrogen-bond donors (Lipinski definition) is 1. The molecule has 102 valence electrons. The molecular weight excluding hydrogens is 290 g/mol. The Morgan fingerprint density at radius 2 is 2.26 bits per heavy atom. The molecule has 3 rings (SSSR count). The van der Waals surface area contributed by atoms with Gasteiger partial charge in [0.05, 0.1) is 28.8 Å². The second kappa shape index (κ2) is 4.35. The standard InChI is InChI=1S/C11H12ClN3O3S/c12-7-3-9-11(13-4-7)15(5-10(16)14-9)8-1-2-19(17,18)6-8/h3-4,8H,1-2,5-6H2,(H,14,16). The van der Waals surface area contributed by atoms with Crippen molar-refractivity contribution in [2.24, 2.45) is 0 Å². The lowest BCUT2D eigenvalue weighted by atomic mass is 10.2. The van der Waals surface area contributed by atoms with Crippen LogP contribution in [0.4, 0.5) is 11.5 Å². The lowest BCUT2D eigenvalue weighted by Gasteiger charge is -2.33. The first-order chi connectivity index (χ1) is 8.94. The van der Waals surface area contributed by atoms with Gasteiger partial charge in [0.1, 0.15) is 0 Å². The van der Waals surface area contributed by atoms with Gasteiger partial charge in [0.2, 0.25) is 5.91 Å². The van der Waals surface area contributed by atoms with Gasteiger partial charge in [-0.1, -0.05) is 11.6 Å². The van der Waals surface area contributed by atoms with Gasteiger partial charge in [-0.2, -0.15) is 0 Å². The summed E-state index contributed by atoms with van der Waals surface area (Å²) in [6.45, 7) is 0.127. The minimum atomic E-state index is -3.00. The number of fused-ring (bicyclic) bond motifs is 1. The van der Waals surface area contributed by atoms with Crippen molar-refractivity contribution in [2.75, 3.05) is 28.3 Å². The minimum absolute atomic E-state index is 0.0734. The van der Waals surface area contributed by atoms with Gasteiger partial charge in [0.15, 0.2) is 15.7 Å². The highest BCUT2D eigenvalue weighted by Gasteiger charge is 2.36. The number of nitrogens with zero attached hydrogens (tertiary/aromatic N) is 2. The fourth-order valence-corrected chi connectivity index (χ4v) is 4.38. The lowest BCUT2D eigenvalue weighted by molar-refractivity contribution is -0.115. The summed E-state index contributed by atoms with van der Waals surface area (Å²) in [4.78, 5) is 17.7. The van der Waals surface area contributed by atoms with E-state index < -0.39 is 9.84 Å². The number of nitrogens with one attached hydrogen (secondary N) is 1. The SMILES string of the molecule is O=C1CN(C2CCS(=O)(=O)C2)c2ncc(Cl)cc2N1. The van der Waals surface area contributed by atoms with Crippen LogP contribution in [-0.4, -0.2) is 43.4 Å². The lowest BCUT2D eigenvalue weighted by Crippen LogP contribution is -2.45. The Hall–Kier alpha value is -1.34. The first kappa shape index (κ1) is 12.7. The molecule has 0 bridgehead atoms. The van der Waals surface area contributed by atoms with E-state index in [-0.39, 0.29) is 30.0 Å². The first-order valence-corrected chi connectivity index (χ1v) is 8.07. The molecule has 0 spiro atoms. The number of halogens is 1. The van der Waals surface area contributed by atoms with Crippen molar-refractivity contribution in [3.05, 3.63) is 17.3 Å². The van der Waals surface area contributed by atoms with Crippen LogP contribution in [0.15, 0.2) is 12.3 Å². The van der Waals surface area contributed by atoms with E-state index in [2.05, 4.69) is 10.3 Å². The second-order valence-electron chi connectivity index (χ2n) is 4.76. The van der Waals surface area contributed by atoms with Gasteiger partial charge in [0, 0.05) is 12.2 Å². The van der Waals surface area contributed by atoms with Gasteiger partial charge >= 0.3 is 0 Å². The molecule has 8 heteroatoms. The summed E-state index contributed by atoms with van der Waals surface area (Å²) in [6, 6.07) is 1.43. The molecule has 3 heterocycles. The van der Waals surface area contributed by atoms with Crippen molar-refractivity contribution < 1.29 is 13.2 Å². The van der Waals surface area contributed by atoms with E-state index in [0.717, 1.165) is 0 Å². The Labute approximate surface area is 115 Å². The molecule has 1 aromatic rings. The van der Waals surface area contributed by atoms with Gasteiger partial charge in [-0.15, -0.1) is 0 Å². The number of amides is 1. The van der Waals surface area contributed by atoms with Crippen LogP contribution in [0.3, 0.4) is 0 Å². The molecule has 1 unspecified atom stereocenters. The van der Waals surface area contributed by atoms with Gasteiger partial charge in [-0.05, 0) is 12.5 Å². The summed E-state index contributed by atoms with van der Waals surface area (Å²) in [5.74, 6) is 0.648. The third-order valence-corrected chi connectivity index (χ3v) is 5.30. The van der Waals surface area contributed by atoms with Crippen molar-refractivity contribution in [3.63, 3.8) is 0 Å². The Balaban J connectivity index is 1.98. The first-order valence-electron chi connectivity index (χ1n) is 5.87. The molecule has 2 aliphatic heterocycles. The summed E-state index contributed by atoms with van der Waals surface area (Å²) in [5, 5.41) is 3.13. The molecule has 1 atom stereocenters. The minimum Gasteiger partial charge on any atom is -0.342 e. The van der Waals surface area contributed by atoms with Crippen LogP contribution in [0.5, 0.6) is 0 Å². The van der Waals surface area contributed by atoms with Gasteiger partial charge < -0.3 is 10.2 Å². The zero-order valence-corrected chi connectivity index (χ0v) is 11.5. The van der Waals surface area contributed by atoms with Crippen LogP contribution in [0, 0.1) is 0 Å². The Bertz CT molecular complexity index is 647. The van der Waals surface area contributed by atoms with E-state index in [4.69, 9.17) is 11.6 Å². The van der Waals surface area contributed by atoms with Crippen LogP contribution in [0.2, 0.25) is 5.02 Å². The fourth-order valence-electron chi connectivity index (χ4n) is 2.50. The molecular formula is C11H12ClN3O3S. The van der Waals surface area contributed by atoms with Crippen molar-refractivity contribution in [1.29, 1.82) is 0 Å². The van der Waals surface area contributed by atoms with E-state index in [1.165, 1.54) is 6.20 Å². The van der Waals surface area contributed by atoms with Crippen molar-refractivity contribution in [2.45, 2.75) is 12.5 Å². The van der Waals surface area contributed by atoms with Crippen molar-refractivity contribution >= 4 is 38.9 Å². The molecule has 1 saturated heterocycles. The number of sulfone groups is 1. The number of carbonyl (C=O) groups is 1. The third-order valence-electron chi connectivity index (χ3n) is 3.34. The predicted octanol–water partition coefficient (Wildman–Crippen LogP) is 0.681. The summed E-state index contributed by atoms with van der Waals surface area (Å²) in [5.41, 5.74) is 0.535. The van der Waals surface area contributed by atoms with E-state index in [1.807, 2.05) is 0 Å². The monoisotopic (exact) mass is 301 g/mol. The van der Waals surface area contributed by atoms with Crippen molar-refractivity contribution in [1.82, 2.24) is 4.98 Å². The molecule has 6 nitrogen and oxygen atoms in total. The number of pyridine rings is 1. The Kier molecular flexibility index (Phi) is 2.90. The van der Waals surface area contributed by atoms with Gasteiger partial charge in [-0.25, -0.2) is 13.4 Å². The summed E-state index contributed by atoms with van der Waals surface area (Å²) < 4.78 is 23.1. The van der Waals surface area contributed by atoms with E-state index in [1.54, 1.807) is 11.0 Å². The summed E-state index contributed by atoms with van der Waals surface area (Å²) >= 11 is 5.85. The molecule has 19 heavy (non-hydrogen) atoms. The van der Waals surface area contributed by atoms with E-state index >= 15 is 0 Å². The molecule has 1 aromatic heterocycles. The van der Waals surface area contributed by atoms with Crippen molar-refractivity contribution in [3.8, 4) is 0 Å². The van der Waals surface area contributed by atoms with Crippen LogP contribution < -0.4 is 10.2 Å². The molecule has 2 aliphatic rings. The van der Waals surface area contributed by atoms with Crippen LogP contribution in [-0.2, 0) is 14.6 Å². The number of hydrogen-bond acceptors (Lipinski definition) is 5. The van der Waals surface area contributed by atoms with Gasteiger partial charge in [-0.3, -0.25) is 4.79 Å². The highest BCUT2D eigenvalue weighted by molar-refractivity contribution is 7.91. The fraction of sp³-hybridized carbons (Fsp3) is 0.455. The average molecular weight is 302 g/mol. The maximum absolute atomic E-state index is 11.7. The molecule has 0 radical (unpaired) electrons.